The zero-order valence-electron chi connectivity index (χ0n) is 14.4. The van der Waals surface area contributed by atoms with Crippen molar-refractivity contribution in [2.45, 2.75) is 19.9 Å². The van der Waals surface area contributed by atoms with Gasteiger partial charge in [0.05, 0.1) is 0 Å². The van der Waals surface area contributed by atoms with Gasteiger partial charge in [-0.1, -0.05) is 30.3 Å². The summed E-state index contributed by atoms with van der Waals surface area (Å²) < 4.78 is 5.02. The summed E-state index contributed by atoms with van der Waals surface area (Å²) in [6, 6.07) is 13.6. The van der Waals surface area contributed by atoms with Crippen LogP contribution in [0.3, 0.4) is 0 Å². The van der Waals surface area contributed by atoms with E-state index in [4.69, 9.17) is 4.74 Å². The highest BCUT2D eigenvalue weighted by Gasteiger charge is 2.15. The highest BCUT2D eigenvalue weighted by atomic mass is 16.5. The summed E-state index contributed by atoms with van der Waals surface area (Å²) in [4.78, 5) is 18.9. The number of hydrogen-bond acceptors (Lipinski definition) is 4. The second kappa shape index (κ2) is 9.67. The fourth-order valence-corrected chi connectivity index (χ4v) is 2.41. The number of carbonyl (C=O) groups excluding carboxylic acids is 1. The van der Waals surface area contributed by atoms with Crippen molar-refractivity contribution >= 4 is 11.7 Å². The molecule has 0 fully saturated rings. The molecular formula is C19H25N3O2. The van der Waals surface area contributed by atoms with Gasteiger partial charge in [-0.3, -0.25) is 4.79 Å². The molecule has 128 valence electrons. The Morgan fingerprint density at radius 3 is 2.75 bits per heavy atom. The fraction of sp³-hybridized carbons (Fsp3) is 0.368. The van der Waals surface area contributed by atoms with Crippen molar-refractivity contribution in [3.05, 3.63) is 59.8 Å². The van der Waals surface area contributed by atoms with Crippen LogP contribution in [0.1, 0.15) is 29.3 Å². The van der Waals surface area contributed by atoms with E-state index in [-0.39, 0.29) is 5.91 Å². The Hall–Kier alpha value is -2.40. The van der Waals surface area contributed by atoms with Crippen LogP contribution in [-0.2, 0) is 11.3 Å². The topological polar surface area (TPSA) is 54.5 Å². The number of methoxy groups -OCH3 is 1. The summed E-state index contributed by atoms with van der Waals surface area (Å²) in [5.74, 6) is 0.733. The number of amides is 1. The molecule has 0 saturated heterocycles. The van der Waals surface area contributed by atoms with E-state index in [1.165, 1.54) is 0 Å². The third kappa shape index (κ3) is 5.35. The van der Waals surface area contributed by atoms with Gasteiger partial charge >= 0.3 is 0 Å². The van der Waals surface area contributed by atoms with Crippen molar-refractivity contribution in [2.75, 3.05) is 32.1 Å². The molecule has 1 heterocycles. The van der Waals surface area contributed by atoms with Crippen molar-refractivity contribution < 1.29 is 9.53 Å². The molecule has 0 bridgehead atoms. The number of pyridine rings is 1. The second-order valence-corrected chi connectivity index (χ2v) is 5.51. The second-order valence-electron chi connectivity index (χ2n) is 5.51. The van der Waals surface area contributed by atoms with Crippen LogP contribution in [0.2, 0.25) is 0 Å². The largest absolute Gasteiger partial charge is 0.385 e. The van der Waals surface area contributed by atoms with Gasteiger partial charge in [-0.05, 0) is 31.0 Å². The minimum atomic E-state index is 0.0173. The molecule has 5 nitrogen and oxygen atoms in total. The summed E-state index contributed by atoms with van der Waals surface area (Å²) >= 11 is 0. The Morgan fingerprint density at radius 1 is 1.25 bits per heavy atom. The molecule has 0 saturated carbocycles. The van der Waals surface area contributed by atoms with E-state index in [0.29, 0.717) is 31.1 Å². The van der Waals surface area contributed by atoms with Crippen LogP contribution in [0, 0.1) is 0 Å². The summed E-state index contributed by atoms with van der Waals surface area (Å²) in [5, 5.41) is 3.22. The smallest absolute Gasteiger partial charge is 0.254 e. The molecule has 1 aromatic carbocycles. The Bertz CT molecular complexity index is 632. The molecule has 0 atom stereocenters. The van der Waals surface area contributed by atoms with Crippen LogP contribution in [0.5, 0.6) is 0 Å². The Kier molecular flexibility index (Phi) is 7.23. The Morgan fingerprint density at radius 2 is 2.04 bits per heavy atom. The fourth-order valence-electron chi connectivity index (χ4n) is 2.41. The number of nitrogens with zero attached hydrogens (tertiary/aromatic N) is 2. The molecule has 0 aliphatic rings. The van der Waals surface area contributed by atoms with Crippen molar-refractivity contribution in [2.24, 2.45) is 0 Å². The maximum Gasteiger partial charge on any atom is 0.254 e. The van der Waals surface area contributed by atoms with Crippen LogP contribution < -0.4 is 5.32 Å². The van der Waals surface area contributed by atoms with E-state index in [0.717, 1.165) is 18.5 Å². The third-order valence-corrected chi connectivity index (χ3v) is 3.72. The molecule has 1 amide bonds. The number of anilines is 1. The highest BCUT2D eigenvalue weighted by Crippen LogP contribution is 2.12. The van der Waals surface area contributed by atoms with Crippen molar-refractivity contribution in [1.29, 1.82) is 0 Å². The number of benzene rings is 1. The molecule has 2 rings (SSSR count). The van der Waals surface area contributed by atoms with Gasteiger partial charge in [0.1, 0.15) is 5.82 Å². The normalized spacial score (nSPS) is 10.4. The zero-order chi connectivity index (χ0) is 17.2. The van der Waals surface area contributed by atoms with Gasteiger partial charge in [-0.2, -0.15) is 0 Å². The van der Waals surface area contributed by atoms with Crippen LogP contribution in [0.15, 0.2) is 48.7 Å². The maximum absolute atomic E-state index is 12.8. The summed E-state index contributed by atoms with van der Waals surface area (Å²) in [6.07, 6.45) is 2.56. The average molecular weight is 327 g/mol. The van der Waals surface area contributed by atoms with Crippen molar-refractivity contribution in [3.63, 3.8) is 0 Å². The quantitative estimate of drug-likeness (QED) is 0.719. The molecule has 1 aromatic heterocycles. The van der Waals surface area contributed by atoms with Gasteiger partial charge in [-0.15, -0.1) is 0 Å². The number of rotatable bonds is 9. The van der Waals surface area contributed by atoms with Crippen LogP contribution in [0.4, 0.5) is 5.82 Å². The number of ether oxygens (including phenoxy) is 1. The molecule has 5 heteroatoms. The first-order chi connectivity index (χ1) is 11.7. The first-order valence-corrected chi connectivity index (χ1v) is 8.26. The first kappa shape index (κ1) is 17.9. The molecule has 24 heavy (non-hydrogen) atoms. The third-order valence-electron chi connectivity index (χ3n) is 3.72. The van der Waals surface area contributed by atoms with Crippen LogP contribution >= 0.6 is 0 Å². The van der Waals surface area contributed by atoms with Gasteiger partial charge in [-0.25, -0.2) is 4.98 Å². The SMILES string of the molecule is CCN(Cc1ccccc1)C(=O)c1ccnc(NCCCOC)c1. The molecule has 0 radical (unpaired) electrons. The summed E-state index contributed by atoms with van der Waals surface area (Å²) in [7, 11) is 1.68. The van der Waals surface area contributed by atoms with Gasteiger partial charge in [0, 0.05) is 45.1 Å². The zero-order valence-corrected chi connectivity index (χ0v) is 14.4. The van der Waals surface area contributed by atoms with E-state index >= 15 is 0 Å². The van der Waals surface area contributed by atoms with Crippen LogP contribution in [0.25, 0.3) is 0 Å². The van der Waals surface area contributed by atoms with E-state index in [9.17, 15) is 4.79 Å². The Labute approximate surface area is 143 Å². The lowest BCUT2D eigenvalue weighted by atomic mass is 10.1. The molecule has 2 aromatic rings. The van der Waals surface area contributed by atoms with E-state index in [1.54, 1.807) is 19.4 Å². The maximum atomic E-state index is 12.8. The highest BCUT2D eigenvalue weighted by molar-refractivity contribution is 5.94. The predicted molar refractivity (Wildman–Crippen MR) is 96.1 cm³/mol. The van der Waals surface area contributed by atoms with Crippen LogP contribution in [-0.4, -0.2) is 42.6 Å². The number of carbonyl (C=O) groups is 1. The van der Waals surface area contributed by atoms with Gasteiger partial charge in [0.25, 0.3) is 5.91 Å². The number of aromatic nitrogens is 1. The minimum Gasteiger partial charge on any atom is -0.385 e. The van der Waals surface area contributed by atoms with Gasteiger partial charge < -0.3 is 15.0 Å². The summed E-state index contributed by atoms with van der Waals surface area (Å²) in [6.45, 7) is 4.72. The molecular weight excluding hydrogens is 302 g/mol. The Balaban J connectivity index is 2.01. The standard InChI is InChI=1S/C19H25N3O2/c1-3-22(15-16-8-5-4-6-9-16)19(23)17-10-12-21-18(14-17)20-11-7-13-24-2/h4-6,8-10,12,14H,3,7,11,13,15H2,1-2H3,(H,20,21). The van der Waals surface area contributed by atoms with Gasteiger partial charge in [0.2, 0.25) is 0 Å². The average Bonchev–Trinajstić information content (AvgIpc) is 2.64. The molecule has 0 spiro atoms. The van der Waals surface area contributed by atoms with Crippen molar-refractivity contribution in [1.82, 2.24) is 9.88 Å². The van der Waals surface area contributed by atoms with Gasteiger partial charge in [0.15, 0.2) is 0 Å². The predicted octanol–water partition coefficient (Wildman–Crippen LogP) is 3.19. The molecule has 0 unspecified atom stereocenters. The monoisotopic (exact) mass is 327 g/mol. The molecule has 0 aliphatic heterocycles. The summed E-state index contributed by atoms with van der Waals surface area (Å²) in [5.41, 5.74) is 1.77. The molecule has 1 N–H and O–H groups in total. The molecule has 0 aliphatic carbocycles. The first-order valence-electron chi connectivity index (χ1n) is 8.26. The number of hydrogen-bond donors (Lipinski definition) is 1. The lowest BCUT2D eigenvalue weighted by Crippen LogP contribution is -2.30. The minimum absolute atomic E-state index is 0.0173. The van der Waals surface area contributed by atoms with E-state index in [2.05, 4.69) is 10.3 Å². The van der Waals surface area contributed by atoms with E-state index < -0.39 is 0 Å². The lowest BCUT2D eigenvalue weighted by Gasteiger charge is -2.21. The number of nitrogens with one attached hydrogen (secondary N) is 1. The van der Waals surface area contributed by atoms with Crippen molar-refractivity contribution in [3.8, 4) is 0 Å². The lowest BCUT2D eigenvalue weighted by molar-refractivity contribution is 0.0752. The van der Waals surface area contributed by atoms with E-state index in [1.807, 2.05) is 48.2 Å².